The van der Waals surface area contributed by atoms with Crippen molar-refractivity contribution < 1.29 is 9.47 Å². The Bertz CT molecular complexity index is 575. The molecule has 2 atom stereocenters. The highest BCUT2D eigenvalue weighted by Gasteiger charge is 2.35. The molecule has 1 aromatic carbocycles. The number of rotatable bonds is 3. The van der Waals surface area contributed by atoms with Crippen molar-refractivity contribution in [2.45, 2.75) is 45.3 Å². The fourth-order valence-electron chi connectivity index (χ4n) is 4.02. The molecular formula is C18H25ClN2O2. The van der Waals surface area contributed by atoms with Gasteiger partial charge >= 0.3 is 0 Å². The van der Waals surface area contributed by atoms with Crippen molar-refractivity contribution in [1.82, 2.24) is 10.2 Å². The minimum absolute atomic E-state index is 0.209. The first-order valence-corrected chi connectivity index (χ1v) is 9.13. The standard InChI is InChI=1S/C18H25ClN2O2/c1-11-9-14-13(3-6-21-7-4-20-5-8-21)17-15(10-12(2)22-17)16(19)18(14)23-11/h11-12,20H,3-10H2,1-2H3. The molecule has 1 saturated heterocycles. The van der Waals surface area contributed by atoms with Gasteiger partial charge in [0.2, 0.25) is 0 Å². The summed E-state index contributed by atoms with van der Waals surface area (Å²) in [6.45, 7) is 9.74. The summed E-state index contributed by atoms with van der Waals surface area (Å²) in [4.78, 5) is 2.53. The molecular weight excluding hydrogens is 312 g/mol. The van der Waals surface area contributed by atoms with Crippen molar-refractivity contribution >= 4 is 11.6 Å². The number of nitrogens with one attached hydrogen (secondary N) is 1. The van der Waals surface area contributed by atoms with Crippen LogP contribution in [-0.2, 0) is 19.3 Å². The zero-order valence-corrected chi connectivity index (χ0v) is 14.7. The van der Waals surface area contributed by atoms with Gasteiger partial charge in [-0.1, -0.05) is 11.6 Å². The number of nitrogens with zero attached hydrogens (tertiary/aromatic N) is 1. The van der Waals surface area contributed by atoms with Crippen molar-refractivity contribution in [1.29, 1.82) is 0 Å². The van der Waals surface area contributed by atoms with E-state index in [0.717, 1.165) is 74.1 Å². The molecule has 5 heteroatoms. The predicted octanol–water partition coefficient (Wildman–Crippen LogP) is 2.43. The molecule has 0 aromatic heterocycles. The number of ether oxygens (including phenoxy) is 2. The second-order valence-corrected chi connectivity index (χ2v) is 7.39. The van der Waals surface area contributed by atoms with E-state index in [1.807, 2.05) is 0 Å². The summed E-state index contributed by atoms with van der Waals surface area (Å²) < 4.78 is 12.2. The fraction of sp³-hybridized carbons (Fsp3) is 0.667. The molecule has 0 bridgehead atoms. The molecule has 3 heterocycles. The Morgan fingerprint density at radius 2 is 1.70 bits per heavy atom. The molecule has 4 nitrogen and oxygen atoms in total. The average molecular weight is 337 g/mol. The van der Waals surface area contributed by atoms with Gasteiger partial charge in [-0.15, -0.1) is 0 Å². The van der Waals surface area contributed by atoms with Gasteiger partial charge in [0.15, 0.2) is 0 Å². The lowest BCUT2D eigenvalue weighted by molar-refractivity contribution is 0.237. The first kappa shape index (κ1) is 15.6. The van der Waals surface area contributed by atoms with Crippen molar-refractivity contribution in [2.24, 2.45) is 0 Å². The molecule has 3 aliphatic heterocycles. The summed E-state index contributed by atoms with van der Waals surface area (Å²) in [5, 5.41) is 4.20. The van der Waals surface area contributed by atoms with E-state index in [-0.39, 0.29) is 12.2 Å². The Morgan fingerprint density at radius 3 is 2.43 bits per heavy atom. The van der Waals surface area contributed by atoms with E-state index in [4.69, 9.17) is 21.1 Å². The first-order valence-electron chi connectivity index (χ1n) is 8.76. The number of halogens is 1. The van der Waals surface area contributed by atoms with Crippen LogP contribution in [0.1, 0.15) is 30.5 Å². The van der Waals surface area contributed by atoms with E-state index in [9.17, 15) is 0 Å². The van der Waals surface area contributed by atoms with Crippen molar-refractivity contribution in [3.05, 3.63) is 21.7 Å². The molecule has 2 unspecified atom stereocenters. The zero-order chi connectivity index (χ0) is 16.0. The lowest BCUT2D eigenvalue weighted by Gasteiger charge is -2.27. The predicted molar refractivity (Wildman–Crippen MR) is 92.1 cm³/mol. The first-order chi connectivity index (χ1) is 11.1. The van der Waals surface area contributed by atoms with E-state index in [1.54, 1.807) is 0 Å². The highest BCUT2D eigenvalue weighted by atomic mass is 35.5. The SMILES string of the molecule is CC1Cc2c(CCN3CCNCC3)c3c(c(Cl)c2O1)CC(C)O3. The van der Waals surface area contributed by atoms with Crippen LogP contribution < -0.4 is 14.8 Å². The van der Waals surface area contributed by atoms with E-state index < -0.39 is 0 Å². The van der Waals surface area contributed by atoms with Crippen LogP contribution in [0.5, 0.6) is 11.5 Å². The molecule has 1 aromatic rings. The highest BCUT2D eigenvalue weighted by molar-refractivity contribution is 6.33. The summed E-state index contributed by atoms with van der Waals surface area (Å²) in [6.07, 6.45) is 3.27. The maximum Gasteiger partial charge on any atom is 0.142 e. The molecule has 3 aliphatic rings. The second kappa shape index (κ2) is 6.15. The van der Waals surface area contributed by atoms with Crippen LogP contribution in [0.25, 0.3) is 0 Å². The smallest absolute Gasteiger partial charge is 0.142 e. The van der Waals surface area contributed by atoms with Crippen LogP contribution in [0.4, 0.5) is 0 Å². The molecule has 1 N–H and O–H groups in total. The normalized spacial score (nSPS) is 26.6. The lowest BCUT2D eigenvalue weighted by atomic mass is 9.95. The van der Waals surface area contributed by atoms with Gasteiger partial charge in [0.1, 0.15) is 23.7 Å². The summed E-state index contributed by atoms with van der Waals surface area (Å²) in [7, 11) is 0. The third-order valence-electron chi connectivity index (χ3n) is 5.16. The molecule has 0 radical (unpaired) electrons. The number of benzene rings is 1. The maximum atomic E-state index is 6.63. The van der Waals surface area contributed by atoms with Crippen LogP contribution in [-0.4, -0.2) is 49.8 Å². The van der Waals surface area contributed by atoms with Gasteiger partial charge in [0, 0.05) is 62.3 Å². The fourth-order valence-corrected chi connectivity index (χ4v) is 4.34. The topological polar surface area (TPSA) is 33.7 Å². The molecule has 1 fully saturated rings. The molecule has 0 amide bonds. The third kappa shape index (κ3) is 2.81. The number of fused-ring (bicyclic) bond motifs is 2. The molecule has 126 valence electrons. The summed E-state index contributed by atoms with van der Waals surface area (Å²) in [6, 6.07) is 0. The van der Waals surface area contributed by atoms with Gasteiger partial charge in [0.05, 0.1) is 5.02 Å². The van der Waals surface area contributed by atoms with Crippen molar-refractivity contribution in [3.63, 3.8) is 0 Å². The summed E-state index contributed by atoms with van der Waals surface area (Å²) in [5.41, 5.74) is 3.78. The summed E-state index contributed by atoms with van der Waals surface area (Å²) in [5.74, 6) is 1.97. The lowest BCUT2D eigenvalue weighted by Crippen LogP contribution is -2.44. The monoisotopic (exact) mass is 336 g/mol. The Hall–Kier alpha value is -0.970. The molecule has 0 spiro atoms. The van der Waals surface area contributed by atoms with E-state index >= 15 is 0 Å². The summed E-state index contributed by atoms with van der Waals surface area (Å²) >= 11 is 6.63. The second-order valence-electron chi connectivity index (χ2n) is 7.01. The number of hydrogen-bond acceptors (Lipinski definition) is 4. The third-order valence-corrected chi connectivity index (χ3v) is 5.56. The Balaban J connectivity index is 1.65. The van der Waals surface area contributed by atoms with Crippen molar-refractivity contribution in [3.8, 4) is 11.5 Å². The highest BCUT2D eigenvalue weighted by Crippen LogP contribution is 2.49. The quantitative estimate of drug-likeness (QED) is 0.919. The number of hydrogen-bond donors (Lipinski definition) is 1. The van der Waals surface area contributed by atoms with Crippen molar-refractivity contribution in [2.75, 3.05) is 32.7 Å². The van der Waals surface area contributed by atoms with E-state index in [1.165, 1.54) is 11.1 Å². The Morgan fingerprint density at radius 1 is 1.04 bits per heavy atom. The zero-order valence-electron chi connectivity index (χ0n) is 14.0. The molecule has 23 heavy (non-hydrogen) atoms. The van der Waals surface area contributed by atoms with Crippen LogP contribution in [0.2, 0.25) is 5.02 Å². The Labute approximate surface area is 143 Å². The average Bonchev–Trinajstić information content (AvgIpc) is 3.11. The largest absolute Gasteiger partial charge is 0.490 e. The van der Waals surface area contributed by atoms with Gasteiger partial charge in [-0.05, 0) is 20.3 Å². The molecule has 0 aliphatic carbocycles. The van der Waals surface area contributed by atoms with Gasteiger partial charge in [-0.3, -0.25) is 0 Å². The minimum Gasteiger partial charge on any atom is -0.490 e. The van der Waals surface area contributed by atoms with Gasteiger partial charge in [0.25, 0.3) is 0 Å². The van der Waals surface area contributed by atoms with E-state index in [0.29, 0.717) is 0 Å². The van der Waals surface area contributed by atoms with Gasteiger partial charge < -0.3 is 19.7 Å². The van der Waals surface area contributed by atoms with Crippen LogP contribution >= 0.6 is 11.6 Å². The molecule has 0 saturated carbocycles. The van der Waals surface area contributed by atoms with Crippen LogP contribution in [0.3, 0.4) is 0 Å². The Kier molecular flexibility index (Phi) is 4.16. The minimum atomic E-state index is 0.209. The van der Waals surface area contributed by atoms with Gasteiger partial charge in [-0.2, -0.15) is 0 Å². The van der Waals surface area contributed by atoms with Crippen LogP contribution in [0, 0.1) is 0 Å². The van der Waals surface area contributed by atoms with E-state index in [2.05, 4.69) is 24.1 Å². The number of piperazine rings is 1. The van der Waals surface area contributed by atoms with Gasteiger partial charge in [-0.25, -0.2) is 0 Å². The van der Waals surface area contributed by atoms with Crippen LogP contribution in [0.15, 0.2) is 0 Å². The maximum absolute atomic E-state index is 6.63. The molecule has 4 rings (SSSR count).